The fraction of sp³-hybridized carbons (Fsp3) is 0.360. The lowest BCUT2D eigenvalue weighted by Crippen LogP contribution is -2.41. The number of para-hydroxylation sites is 2. The average Bonchev–Trinajstić information content (AvgIpc) is 3.34. The van der Waals surface area contributed by atoms with E-state index in [9.17, 15) is 13.2 Å². The molecule has 0 radical (unpaired) electrons. The Kier molecular flexibility index (Phi) is 6.41. The number of aromatic nitrogens is 2. The van der Waals surface area contributed by atoms with Crippen molar-refractivity contribution in [3.63, 3.8) is 0 Å². The fourth-order valence-electron chi connectivity index (χ4n) is 4.06. The Morgan fingerprint density at radius 3 is 2.27 bits per heavy atom. The standard InChI is InChI=1S/C25H30N4O3S/c1-25(2,3)20-9-11-21(12-10-20)33(31,32)28-17-13-19(14-18-28)24(30)27-22-7-4-5-8-23(22)29-16-6-15-26-29/h4-12,15-16,19H,13-14,17-18H2,1-3H3,(H,27,30). The lowest BCUT2D eigenvalue weighted by atomic mass is 9.87. The molecule has 174 valence electrons. The summed E-state index contributed by atoms with van der Waals surface area (Å²) in [6.07, 6.45) is 4.47. The van der Waals surface area contributed by atoms with Crippen LogP contribution in [-0.2, 0) is 20.2 Å². The van der Waals surface area contributed by atoms with E-state index in [1.54, 1.807) is 23.0 Å². The molecule has 1 aromatic heterocycles. The third-order valence-electron chi connectivity index (χ3n) is 6.10. The average molecular weight is 467 g/mol. The van der Waals surface area contributed by atoms with Crippen molar-refractivity contribution in [3.8, 4) is 5.69 Å². The third kappa shape index (κ3) is 5.02. The number of piperidine rings is 1. The van der Waals surface area contributed by atoms with Crippen LogP contribution in [0.5, 0.6) is 0 Å². The zero-order chi connectivity index (χ0) is 23.6. The summed E-state index contributed by atoms with van der Waals surface area (Å²) < 4.78 is 29.4. The summed E-state index contributed by atoms with van der Waals surface area (Å²) in [5, 5.41) is 7.25. The van der Waals surface area contributed by atoms with Crippen molar-refractivity contribution in [2.75, 3.05) is 18.4 Å². The Balaban J connectivity index is 1.40. The van der Waals surface area contributed by atoms with Crippen LogP contribution in [0.4, 0.5) is 5.69 Å². The van der Waals surface area contributed by atoms with Gasteiger partial charge in [0.2, 0.25) is 15.9 Å². The van der Waals surface area contributed by atoms with Crippen LogP contribution in [0, 0.1) is 5.92 Å². The number of rotatable bonds is 5. The van der Waals surface area contributed by atoms with E-state index in [1.807, 2.05) is 48.7 Å². The SMILES string of the molecule is CC(C)(C)c1ccc(S(=O)(=O)N2CCC(C(=O)Nc3ccccc3-n3cccn3)CC2)cc1. The van der Waals surface area contributed by atoms with Gasteiger partial charge < -0.3 is 5.32 Å². The molecule has 3 aromatic rings. The van der Waals surface area contributed by atoms with E-state index in [-0.39, 0.29) is 17.2 Å². The Morgan fingerprint density at radius 2 is 1.67 bits per heavy atom. The number of benzene rings is 2. The first kappa shape index (κ1) is 23.2. The van der Waals surface area contributed by atoms with E-state index in [0.717, 1.165) is 11.3 Å². The Hall–Kier alpha value is -2.97. The predicted octanol–water partition coefficient (Wildman–Crippen LogP) is 4.21. The molecule has 1 N–H and O–H groups in total. The second-order valence-corrected chi connectivity index (χ2v) is 11.3. The summed E-state index contributed by atoms with van der Waals surface area (Å²) in [7, 11) is -3.58. The van der Waals surface area contributed by atoms with Crippen molar-refractivity contribution in [1.29, 1.82) is 0 Å². The van der Waals surface area contributed by atoms with Crippen molar-refractivity contribution >= 4 is 21.6 Å². The minimum absolute atomic E-state index is 0.0377. The lowest BCUT2D eigenvalue weighted by Gasteiger charge is -2.31. The maximum Gasteiger partial charge on any atom is 0.243 e. The van der Waals surface area contributed by atoms with E-state index in [4.69, 9.17) is 0 Å². The van der Waals surface area contributed by atoms with Crippen LogP contribution in [0.25, 0.3) is 5.69 Å². The van der Waals surface area contributed by atoms with E-state index in [0.29, 0.717) is 36.5 Å². The van der Waals surface area contributed by atoms with Crippen molar-refractivity contribution in [2.45, 2.75) is 43.9 Å². The van der Waals surface area contributed by atoms with Crippen LogP contribution < -0.4 is 5.32 Å². The number of sulfonamides is 1. The molecule has 0 aliphatic carbocycles. The molecule has 33 heavy (non-hydrogen) atoms. The van der Waals surface area contributed by atoms with Crippen LogP contribution in [0.2, 0.25) is 0 Å². The lowest BCUT2D eigenvalue weighted by molar-refractivity contribution is -0.120. The maximum atomic E-state index is 13.1. The first-order valence-electron chi connectivity index (χ1n) is 11.2. The monoisotopic (exact) mass is 466 g/mol. The summed E-state index contributed by atoms with van der Waals surface area (Å²) in [6.45, 7) is 6.93. The smallest absolute Gasteiger partial charge is 0.243 e. The molecule has 2 aromatic carbocycles. The second kappa shape index (κ2) is 9.11. The highest BCUT2D eigenvalue weighted by atomic mass is 32.2. The summed E-state index contributed by atoms with van der Waals surface area (Å²) in [5.41, 5.74) is 2.52. The number of hydrogen-bond donors (Lipinski definition) is 1. The van der Waals surface area contributed by atoms with Gasteiger partial charge in [0.15, 0.2) is 0 Å². The van der Waals surface area contributed by atoms with Crippen molar-refractivity contribution in [2.24, 2.45) is 5.92 Å². The fourth-order valence-corrected chi connectivity index (χ4v) is 5.53. The van der Waals surface area contributed by atoms with E-state index in [1.165, 1.54) is 4.31 Å². The van der Waals surface area contributed by atoms with E-state index >= 15 is 0 Å². The highest BCUT2D eigenvalue weighted by Gasteiger charge is 2.32. The number of amides is 1. The molecule has 0 unspecified atom stereocenters. The second-order valence-electron chi connectivity index (χ2n) is 9.41. The Morgan fingerprint density at radius 1 is 1.00 bits per heavy atom. The van der Waals surface area contributed by atoms with E-state index in [2.05, 4.69) is 31.2 Å². The summed E-state index contributed by atoms with van der Waals surface area (Å²) in [4.78, 5) is 13.2. The number of nitrogens with one attached hydrogen (secondary N) is 1. The highest BCUT2D eigenvalue weighted by molar-refractivity contribution is 7.89. The first-order valence-corrected chi connectivity index (χ1v) is 12.6. The van der Waals surface area contributed by atoms with Crippen LogP contribution in [0.3, 0.4) is 0 Å². The van der Waals surface area contributed by atoms with Gasteiger partial charge in [0.05, 0.1) is 16.3 Å². The maximum absolute atomic E-state index is 13.1. The van der Waals surface area contributed by atoms with Crippen LogP contribution in [-0.4, -0.2) is 41.5 Å². The van der Waals surface area contributed by atoms with Crippen molar-refractivity contribution in [3.05, 3.63) is 72.6 Å². The van der Waals surface area contributed by atoms with Gasteiger partial charge in [-0.3, -0.25) is 4.79 Å². The summed E-state index contributed by atoms with van der Waals surface area (Å²) in [5.74, 6) is -0.341. The molecule has 1 amide bonds. The quantitative estimate of drug-likeness (QED) is 0.611. The van der Waals surface area contributed by atoms with Gasteiger partial charge in [-0.2, -0.15) is 9.40 Å². The molecule has 4 rings (SSSR count). The van der Waals surface area contributed by atoms with Gasteiger partial charge in [-0.15, -0.1) is 0 Å². The Bertz CT molecular complexity index is 1210. The van der Waals surface area contributed by atoms with Crippen molar-refractivity contribution < 1.29 is 13.2 Å². The highest BCUT2D eigenvalue weighted by Crippen LogP contribution is 2.28. The Labute approximate surface area is 195 Å². The molecule has 2 heterocycles. The molecule has 8 heteroatoms. The number of hydrogen-bond acceptors (Lipinski definition) is 4. The third-order valence-corrected chi connectivity index (χ3v) is 8.01. The van der Waals surface area contributed by atoms with Crippen LogP contribution >= 0.6 is 0 Å². The molecule has 1 aliphatic rings. The van der Waals surface area contributed by atoms with Crippen LogP contribution in [0.1, 0.15) is 39.2 Å². The molecule has 0 bridgehead atoms. The van der Waals surface area contributed by atoms with Gasteiger partial charge in [-0.25, -0.2) is 13.1 Å². The molecule has 0 spiro atoms. The van der Waals surface area contributed by atoms with Gasteiger partial charge in [0.1, 0.15) is 0 Å². The molecular formula is C25H30N4O3S. The number of anilines is 1. The normalized spacial score (nSPS) is 16.0. The van der Waals surface area contributed by atoms with Gasteiger partial charge in [-0.1, -0.05) is 45.0 Å². The molecular weight excluding hydrogens is 436 g/mol. The van der Waals surface area contributed by atoms with Gasteiger partial charge >= 0.3 is 0 Å². The molecule has 0 saturated carbocycles. The minimum atomic E-state index is -3.58. The number of carbonyl (C=O) groups is 1. The molecule has 0 atom stereocenters. The zero-order valence-electron chi connectivity index (χ0n) is 19.2. The molecule has 1 fully saturated rings. The predicted molar refractivity (Wildman–Crippen MR) is 129 cm³/mol. The van der Waals surface area contributed by atoms with Gasteiger partial charge in [0.25, 0.3) is 0 Å². The largest absolute Gasteiger partial charge is 0.324 e. The zero-order valence-corrected chi connectivity index (χ0v) is 20.0. The van der Waals surface area contributed by atoms with Crippen molar-refractivity contribution in [1.82, 2.24) is 14.1 Å². The number of carbonyl (C=O) groups excluding carboxylic acids is 1. The van der Waals surface area contributed by atoms with E-state index < -0.39 is 10.0 Å². The minimum Gasteiger partial charge on any atom is -0.324 e. The molecule has 7 nitrogen and oxygen atoms in total. The van der Waals surface area contributed by atoms with Gasteiger partial charge in [-0.05, 0) is 54.2 Å². The molecule has 1 aliphatic heterocycles. The molecule has 1 saturated heterocycles. The topological polar surface area (TPSA) is 84.3 Å². The first-order chi connectivity index (χ1) is 15.7. The summed E-state index contributed by atoms with van der Waals surface area (Å²) >= 11 is 0. The van der Waals surface area contributed by atoms with Crippen LogP contribution in [0.15, 0.2) is 71.9 Å². The van der Waals surface area contributed by atoms with Gasteiger partial charge in [0, 0.05) is 31.4 Å². The summed E-state index contributed by atoms with van der Waals surface area (Å²) in [6, 6.07) is 16.4. The number of nitrogens with zero attached hydrogens (tertiary/aromatic N) is 3.